The molecular formula is C85H117N13O18. The number of carbonyl (C=O) groups excluding carboxylic acids is 15. The number of carbonyl (C=O) groups is 15. The van der Waals surface area contributed by atoms with Crippen molar-refractivity contribution in [1.29, 1.82) is 0 Å². The molecule has 3 aromatic carbocycles. The summed E-state index contributed by atoms with van der Waals surface area (Å²) in [5.74, 6) is -3.79. The summed E-state index contributed by atoms with van der Waals surface area (Å²) in [6, 6.07) is 15.0. The number of aryl methyl sites for hydroxylation is 1. The summed E-state index contributed by atoms with van der Waals surface area (Å²) >= 11 is 0. The Labute approximate surface area is 678 Å². The van der Waals surface area contributed by atoms with Crippen molar-refractivity contribution in [2.75, 3.05) is 46.2 Å². The topological polar surface area (TPSA) is 405 Å². The maximum atomic E-state index is 13.8. The molecule has 14 atom stereocenters. The molecule has 0 saturated carbocycles. The molecule has 0 aromatic heterocycles. The molecule has 0 bridgehead atoms. The zero-order valence-corrected chi connectivity index (χ0v) is 68.0. The van der Waals surface area contributed by atoms with Crippen LogP contribution in [0.2, 0.25) is 0 Å². The third-order valence-electron chi connectivity index (χ3n) is 24.0. The van der Waals surface area contributed by atoms with Crippen LogP contribution in [0.4, 0.5) is 5.69 Å². The van der Waals surface area contributed by atoms with E-state index in [4.69, 9.17) is 14.2 Å². The molecule has 8 saturated heterocycles. The second kappa shape index (κ2) is 42.2. The molecule has 9 N–H and O–H groups in total. The van der Waals surface area contributed by atoms with Gasteiger partial charge in [-0.25, -0.2) is 0 Å². The van der Waals surface area contributed by atoms with E-state index in [-0.39, 0.29) is 140 Å². The number of esters is 3. The Balaban J connectivity index is 0.000000184. The number of nitrogens with one attached hydrogen (secondary N) is 9. The molecular weight excluding hydrogens is 1490 g/mol. The van der Waals surface area contributed by atoms with Gasteiger partial charge >= 0.3 is 17.9 Å². The predicted molar refractivity (Wildman–Crippen MR) is 426 cm³/mol. The average Bonchev–Trinajstić information content (AvgIpc) is 1.52. The van der Waals surface area contributed by atoms with E-state index < -0.39 is 72.4 Å². The largest absolute Gasteiger partial charge is 0.462 e. The molecule has 31 heteroatoms. The van der Waals surface area contributed by atoms with Crippen molar-refractivity contribution >= 4 is 94.2 Å². The number of nitrogens with zero attached hydrogens (tertiary/aromatic N) is 4. The molecule has 1 aliphatic carbocycles. The van der Waals surface area contributed by atoms with Crippen LogP contribution in [0, 0.1) is 0 Å². The van der Waals surface area contributed by atoms with Crippen LogP contribution < -0.4 is 47.9 Å². The summed E-state index contributed by atoms with van der Waals surface area (Å²) in [6.07, 6.45) is 16.5. The molecule has 116 heavy (non-hydrogen) atoms. The highest BCUT2D eigenvalue weighted by Gasteiger charge is 2.48. The molecule has 0 radical (unpaired) electrons. The van der Waals surface area contributed by atoms with Gasteiger partial charge in [-0.1, -0.05) is 87.1 Å². The molecule has 31 nitrogen and oxygen atoms in total. The molecule has 3 aromatic rings. The first-order valence-electron chi connectivity index (χ1n) is 41.6. The Kier molecular flexibility index (Phi) is 32.2. The summed E-state index contributed by atoms with van der Waals surface area (Å²) in [4.78, 5) is 197. The van der Waals surface area contributed by atoms with Crippen LogP contribution in [0.3, 0.4) is 0 Å². The molecule has 0 spiro atoms. The normalized spacial score (nSPS) is 25.2. The number of ketones is 2. The van der Waals surface area contributed by atoms with Crippen LogP contribution in [0.25, 0.3) is 0 Å². The van der Waals surface area contributed by atoms with Crippen molar-refractivity contribution in [3.05, 3.63) is 100 Å². The zero-order chi connectivity index (χ0) is 83.3. The molecule has 10 amide bonds. The minimum Gasteiger partial charge on any atom is -0.462 e. The summed E-state index contributed by atoms with van der Waals surface area (Å²) in [7, 11) is 5.09. The Bertz CT molecular complexity index is 4100. The van der Waals surface area contributed by atoms with E-state index in [1.807, 2.05) is 48.5 Å². The summed E-state index contributed by atoms with van der Waals surface area (Å²) in [6.45, 7) is 7.28. The fraction of sp³-hybridized carbons (Fsp3) is 0.612. The minimum absolute atomic E-state index is 0.00943. The van der Waals surface area contributed by atoms with Crippen molar-refractivity contribution in [3.63, 3.8) is 0 Å². The van der Waals surface area contributed by atoms with E-state index in [1.165, 1.54) is 11.8 Å². The highest BCUT2D eigenvalue weighted by Crippen LogP contribution is 2.39. The van der Waals surface area contributed by atoms with Gasteiger partial charge in [-0.15, -0.1) is 0 Å². The van der Waals surface area contributed by atoms with Gasteiger partial charge in [0.15, 0.2) is 11.9 Å². The van der Waals surface area contributed by atoms with Gasteiger partial charge in [0.1, 0.15) is 62.2 Å². The first-order chi connectivity index (χ1) is 55.7. The molecule has 8 aliphatic heterocycles. The van der Waals surface area contributed by atoms with E-state index in [9.17, 15) is 71.9 Å². The van der Waals surface area contributed by atoms with Crippen molar-refractivity contribution in [1.82, 2.24) is 62.1 Å². The number of likely N-dealkylation sites (N-methyl/N-ethyl adjacent to an activating group) is 3. The van der Waals surface area contributed by atoms with E-state index >= 15 is 0 Å². The lowest BCUT2D eigenvalue weighted by Gasteiger charge is -2.36. The van der Waals surface area contributed by atoms with Crippen molar-refractivity contribution in [2.24, 2.45) is 0 Å². The van der Waals surface area contributed by atoms with Crippen molar-refractivity contribution in [3.8, 4) is 0 Å². The molecule has 8 heterocycles. The van der Waals surface area contributed by atoms with E-state index in [2.05, 4.69) is 47.9 Å². The van der Waals surface area contributed by atoms with E-state index in [1.54, 1.807) is 74.8 Å². The van der Waals surface area contributed by atoms with Crippen molar-refractivity contribution < 1.29 is 86.1 Å². The zero-order valence-electron chi connectivity index (χ0n) is 68.0. The van der Waals surface area contributed by atoms with Crippen LogP contribution in [0.5, 0.6) is 0 Å². The van der Waals surface area contributed by atoms with Gasteiger partial charge in [-0.05, 0) is 198 Å². The Morgan fingerprint density at radius 2 is 1.02 bits per heavy atom. The summed E-state index contributed by atoms with van der Waals surface area (Å²) in [5, 5.41) is 26.5. The number of ether oxygens (including phenoxy) is 3. The maximum absolute atomic E-state index is 13.8. The molecule has 1 unspecified atom stereocenters. The second-order valence-corrected chi connectivity index (χ2v) is 32.1. The number of cyclic esters (lactones) is 2. The number of hydrogen-bond acceptors (Lipinski definition) is 21. The number of hydrogen-bond donors (Lipinski definition) is 9. The first-order valence-corrected chi connectivity index (χ1v) is 41.6. The SMILES string of the molecule is CN[C@@H](C)C(=O)N[C@H]1CCCC[C@H]2CC[C@@H](C(=O)CCc3cccc(COC(=O)CC(C)=O)c3)N2C1=O.CN[C@@H](C)C(=O)N[C@H]1CCCC[C@H]2CC[C@@H](C(=O)NCc3cccc(C(=O)N4CCOC(=O)C4)c3)N2C1=O.CN[C@@H](C)C(=O)N[C@H]1CCCC[C@H]2CC[C@@H](C(=O)N[C@@H]3CCCc4c(NC(=O)C5CCC(=O)O5)cccc43)N2C1=O. The van der Waals surface area contributed by atoms with Gasteiger partial charge < -0.3 is 81.7 Å². The van der Waals surface area contributed by atoms with Gasteiger partial charge in [0.05, 0.1) is 36.8 Å². The van der Waals surface area contributed by atoms with Crippen LogP contribution in [-0.2, 0) is 107 Å². The van der Waals surface area contributed by atoms with Gasteiger partial charge in [0.25, 0.3) is 11.8 Å². The van der Waals surface area contributed by atoms with E-state index in [0.29, 0.717) is 75.6 Å². The van der Waals surface area contributed by atoms with Crippen LogP contribution >= 0.6 is 0 Å². The maximum Gasteiger partial charge on any atom is 0.325 e. The third-order valence-corrected chi connectivity index (χ3v) is 24.0. The molecule has 630 valence electrons. The van der Waals surface area contributed by atoms with Gasteiger partial charge in [0.2, 0.25) is 47.3 Å². The average molecular weight is 1610 g/mol. The Morgan fingerprint density at radius 1 is 0.509 bits per heavy atom. The number of rotatable bonds is 25. The number of amides is 10. The quantitative estimate of drug-likeness (QED) is 0.0322. The number of fused-ring (bicyclic) bond motifs is 4. The van der Waals surface area contributed by atoms with E-state index in [0.717, 1.165) is 124 Å². The number of anilines is 1. The second-order valence-electron chi connectivity index (χ2n) is 32.1. The molecule has 8 fully saturated rings. The van der Waals surface area contributed by atoms with Gasteiger partial charge in [0, 0.05) is 55.2 Å². The van der Waals surface area contributed by atoms with Gasteiger partial charge in [-0.3, -0.25) is 71.9 Å². The lowest BCUT2D eigenvalue weighted by molar-refractivity contribution is -0.149. The predicted octanol–water partition coefficient (Wildman–Crippen LogP) is 4.42. The van der Waals surface area contributed by atoms with Crippen LogP contribution in [0.1, 0.15) is 226 Å². The lowest BCUT2D eigenvalue weighted by atomic mass is 9.86. The fourth-order valence-corrected chi connectivity index (χ4v) is 17.2. The fourth-order valence-electron chi connectivity index (χ4n) is 17.2. The minimum atomic E-state index is -0.779. The number of Topliss-reactive ketones (excluding diaryl/α,β-unsaturated/α-hetero) is 2. The lowest BCUT2D eigenvalue weighted by Crippen LogP contribution is -2.58. The standard InChI is InChI=1S/C30H41N5O6.C28H39N3O6.C27H37N5O6/c1-17(31-2)27(37)34-23-10-4-3-7-18-13-14-24(35(18)30(23)40)28(38)32-21-11-5-9-20-19(21)8-6-12-22(20)33-29(39)25-15-16-26(36)41-25;1-18(32)15-26(34)37-17-21-8-6-7-20(16-21)11-14-25(33)24-13-12-22-9-4-5-10-23(28(36)31(22)24)30-27(35)19(2)29-3;1-17(28-2)24(34)30-21-9-4-3-8-20-10-11-22(32(20)27(21)37)25(35)29-15-18-6-5-7-19(14-18)26(36)31-12-13-38-23(33)16-31/h6,8,12,17-18,21,23-25,31H,3-5,7,9-11,13-16H2,1-2H3,(H,32,38)(H,33,39)(H,34,37);6-8,16,19,22-24,29H,4-5,9-15,17H2,1-3H3,(H,30,35);5-7,14,17,20-22,28H,3-4,8-13,15-16H2,1-2H3,(H,29,35)(H,30,34)/t17-,18-,21+,23-,24-,25?;19-,22-,23-,24-;17-,20-,21-,22-/m000/s1. The third kappa shape index (κ3) is 23.2. The van der Waals surface area contributed by atoms with Gasteiger partial charge in [-0.2, -0.15) is 0 Å². The monoisotopic (exact) mass is 1610 g/mol. The number of benzene rings is 3. The summed E-state index contributed by atoms with van der Waals surface area (Å²) in [5.41, 5.74) is 5.48. The molecule has 12 rings (SSSR count). The van der Waals surface area contributed by atoms with Crippen molar-refractivity contribution in [2.45, 2.75) is 292 Å². The smallest absolute Gasteiger partial charge is 0.325 e. The van der Waals surface area contributed by atoms with Crippen LogP contribution in [-0.4, -0.2) is 228 Å². The molecule has 9 aliphatic rings. The first kappa shape index (κ1) is 88.4. The summed E-state index contributed by atoms with van der Waals surface area (Å²) < 4.78 is 15.2. The van der Waals surface area contributed by atoms with Crippen LogP contribution in [0.15, 0.2) is 66.7 Å². The Morgan fingerprint density at radius 3 is 1.56 bits per heavy atom. The number of morpholine rings is 1. The highest BCUT2D eigenvalue weighted by molar-refractivity contribution is 6.00. The highest BCUT2D eigenvalue weighted by atomic mass is 16.6. The Hall–Kier alpha value is -10.0.